The van der Waals surface area contributed by atoms with E-state index in [-0.39, 0.29) is 11.5 Å². The van der Waals surface area contributed by atoms with Crippen molar-refractivity contribution in [2.24, 2.45) is 0 Å². The molecule has 0 saturated carbocycles. The Morgan fingerprint density at radius 1 is 1.38 bits per heavy atom. The summed E-state index contributed by atoms with van der Waals surface area (Å²) >= 11 is 6.06. The van der Waals surface area contributed by atoms with E-state index in [0.717, 1.165) is 16.8 Å². The van der Waals surface area contributed by atoms with Crippen molar-refractivity contribution in [3.63, 3.8) is 0 Å². The minimum absolute atomic E-state index is 0.0605. The van der Waals surface area contributed by atoms with Gasteiger partial charge in [-0.3, -0.25) is 0 Å². The van der Waals surface area contributed by atoms with E-state index in [1.165, 1.54) is 4.52 Å². The molecule has 0 aliphatic rings. The maximum absolute atomic E-state index is 8.97. The van der Waals surface area contributed by atoms with Crippen LogP contribution >= 0.6 is 11.6 Å². The van der Waals surface area contributed by atoms with E-state index in [0.29, 0.717) is 17.1 Å². The van der Waals surface area contributed by atoms with Crippen molar-refractivity contribution in [3.8, 4) is 17.2 Å². The number of halogens is 1. The molecule has 104 valence electrons. The molecule has 6 nitrogen and oxygen atoms in total. The third-order valence-electron chi connectivity index (χ3n) is 3.20. The summed E-state index contributed by atoms with van der Waals surface area (Å²) in [6.07, 6.45) is 0.701. The molecule has 2 heterocycles. The summed E-state index contributed by atoms with van der Waals surface area (Å²) in [6, 6.07) is 9.34. The number of fused-ring (bicyclic) bond motifs is 1. The number of hydrogen-bond donors (Lipinski definition) is 1. The number of rotatable bonds is 2. The number of aromatic nitrogens is 4. The largest absolute Gasteiger partial charge is 0.381 e. The maximum Gasteiger partial charge on any atom is 0.205 e. The van der Waals surface area contributed by atoms with E-state index >= 15 is 0 Å². The van der Waals surface area contributed by atoms with Gasteiger partial charge in [0.1, 0.15) is 6.07 Å². The van der Waals surface area contributed by atoms with Crippen molar-refractivity contribution >= 4 is 23.1 Å². The maximum atomic E-state index is 8.97. The van der Waals surface area contributed by atoms with Crippen LogP contribution in [0.5, 0.6) is 0 Å². The molecule has 0 radical (unpaired) electrons. The monoisotopic (exact) mass is 298 g/mol. The van der Waals surface area contributed by atoms with Crippen LogP contribution in [-0.4, -0.2) is 19.8 Å². The first kappa shape index (κ1) is 13.3. The standard InChI is InChI=1S/C14H11ClN6/c1-2-10-12(8-4-3-5-9(15)6-8)14-19-18-11(7-16)13(17)21(14)20-10/h3-6H,2,17H2,1H3. The normalized spacial score (nSPS) is 10.7. The lowest BCUT2D eigenvalue weighted by Crippen LogP contribution is -2.06. The van der Waals surface area contributed by atoms with Crippen LogP contribution in [-0.2, 0) is 6.42 Å². The summed E-state index contributed by atoms with van der Waals surface area (Å²) in [4.78, 5) is 0. The zero-order valence-electron chi connectivity index (χ0n) is 11.2. The average molecular weight is 299 g/mol. The van der Waals surface area contributed by atoms with Crippen LogP contribution in [0.1, 0.15) is 18.3 Å². The first-order chi connectivity index (χ1) is 10.2. The third-order valence-corrected chi connectivity index (χ3v) is 3.44. The lowest BCUT2D eigenvalue weighted by Gasteiger charge is -2.02. The van der Waals surface area contributed by atoms with E-state index < -0.39 is 0 Å². The Balaban J connectivity index is 2.37. The van der Waals surface area contributed by atoms with E-state index in [1.54, 1.807) is 6.07 Å². The van der Waals surface area contributed by atoms with Gasteiger partial charge in [-0.05, 0) is 24.1 Å². The second-order valence-corrected chi connectivity index (χ2v) is 4.90. The van der Waals surface area contributed by atoms with Crippen LogP contribution in [0.4, 0.5) is 5.82 Å². The summed E-state index contributed by atoms with van der Waals surface area (Å²) in [7, 11) is 0. The van der Waals surface area contributed by atoms with Gasteiger partial charge < -0.3 is 5.73 Å². The zero-order chi connectivity index (χ0) is 15.0. The van der Waals surface area contributed by atoms with Crippen LogP contribution in [0, 0.1) is 11.3 Å². The highest BCUT2D eigenvalue weighted by molar-refractivity contribution is 6.30. The van der Waals surface area contributed by atoms with Crippen LogP contribution in [0.3, 0.4) is 0 Å². The van der Waals surface area contributed by atoms with Gasteiger partial charge in [-0.2, -0.15) is 14.9 Å². The summed E-state index contributed by atoms with van der Waals surface area (Å²) < 4.78 is 1.46. The Morgan fingerprint density at radius 2 is 2.19 bits per heavy atom. The topological polar surface area (TPSA) is 92.9 Å². The fourth-order valence-electron chi connectivity index (χ4n) is 2.23. The number of nitrogens with two attached hydrogens (primary N) is 1. The molecule has 7 heteroatoms. The highest BCUT2D eigenvalue weighted by Gasteiger charge is 2.18. The van der Waals surface area contributed by atoms with E-state index in [1.807, 2.05) is 31.2 Å². The predicted molar refractivity (Wildman–Crippen MR) is 79.7 cm³/mol. The fourth-order valence-corrected chi connectivity index (χ4v) is 2.42. The molecule has 2 aromatic heterocycles. The van der Waals surface area contributed by atoms with Gasteiger partial charge >= 0.3 is 0 Å². The van der Waals surface area contributed by atoms with Crippen LogP contribution in [0.25, 0.3) is 16.8 Å². The number of aryl methyl sites for hydroxylation is 1. The third kappa shape index (κ3) is 2.08. The molecule has 0 atom stereocenters. The van der Waals surface area contributed by atoms with Crippen LogP contribution < -0.4 is 5.73 Å². The number of benzene rings is 1. The lowest BCUT2D eigenvalue weighted by molar-refractivity contribution is 0.863. The quantitative estimate of drug-likeness (QED) is 0.784. The van der Waals surface area contributed by atoms with Gasteiger partial charge in [0.05, 0.1) is 11.3 Å². The molecule has 0 aliphatic heterocycles. The smallest absolute Gasteiger partial charge is 0.205 e. The average Bonchev–Trinajstić information content (AvgIpc) is 2.87. The van der Waals surface area contributed by atoms with Crippen LogP contribution in [0.2, 0.25) is 5.02 Å². The molecule has 21 heavy (non-hydrogen) atoms. The highest BCUT2D eigenvalue weighted by Crippen LogP contribution is 2.30. The van der Waals surface area contributed by atoms with Crippen molar-refractivity contribution in [2.45, 2.75) is 13.3 Å². The fraction of sp³-hybridized carbons (Fsp3) is 0.143. The molecule has 2 N–H and O–H groups in total. The minimum Gasteiger partial charge on any atom is -0.381 e. The molecular weight excluding hydrogens is 288 g/mol. The predicted octanol–water partition coefficient (Wildman–Crippen LogP) is 2.46. The van der Waals surface area contributed by atoms with Gasteiger partial charge in [0.25, 0.3) is 0 Å². The van der Waals surface area contributed by atoms with E-state index in [2.05, 4.69) is 15.3 Å². The SMILES string of the molecule is CCc1nn2c(N)c(C#N)nnc2c1-c1cccc(Cl)c1. The lowest BCUT2D eigenvalue weighted by atomic mass is 10.0. The Labute approximate surface area is 125 Å². The van der Waals surface area contributed by atoms with E-state index in [9.17, 15) is 0 Å². The number of nitrogen functional groups attached to an aromatic ring is 1. The second-order valence-electron chi connectivity index (χ2n) is 4.47. The van der Waals surface area contributed by atoms with Crippen molar-refractivity contribution in [2.75, 3.05) is 5.73 Å². The van der Waals surface area contributed by atoms with Gasteiger partial charge in [0.15, 0.2) is 11.5 Å². The van der Waals surface area contributed by atoms with Crippen molar-refractivity contribution in [1.82, 2.24) is 19.8 Å². The second kappa shape index (κ2) is 5.04. The molecule has 0 fully saturated rings. The Bertz CT molecular complexity index is 877. The zero-order valence-corrected chi connectivity index (χ0v) is 12.0. The first-order valence-corrected chi connectivity index (χ1v) is 6.73. The summed E-state index contributed by atoms with van der Waals surface area (Å²) in [5.41, 5.74) is 9.06. The Kier molecular flexibility index (Phi) is 3.20. The molecule has 0 unspecified atom stereocenters. The van der Waals surface area contributed by atoms with Gasteiger partial charge in [-0.1, -0.05) is 30.7 Å². The highest BCUT2D eigenvalue weighted by atomic mass is 35.5. The number of nitriles is 1. The number of nitrogens with zero attached hydrogens (tertiary/aromatic N) is 5. The molecule has 0 aliphatic carbocycles. The number of hydrogen-bond acceptors (Lipinski definition) is 5. The van der Waals surface area contributed by atoms with Crippen molar-refractivity contribution in [3.05, 3.63) is 40.7 Å². The molecule has 0 saturated heterocycles. The van der Waals surface area contributed by atoms with Crippen molar-refractivity contribution < 1.29 is 0 Å². The first-order valence-electron chi connectivity index (χ1n) is 6.35. The van der Waals surface area contributed by atoms with Gasteiger partial charge in [0, 0.05) is 5.02 Å². The molecule has 3 aromatic rings. The molecule has 0 amide bonds. The van der Waals surface area contributed by atoms with Gasteiger partial charge in [0.2, 0.25) is 5.69 Å². The van der Waals surface area contributed by atoms with Gasteiger partial charge in [-0.15, -0.1) is 10.2 Å². The van der Waals surface area contributed by atoms with E-state index in [4.69, 9.17) is 22.6 Å². The summed E-state index contributed by atoms with van der Waals surface area (Å²) in [6.45, 7) is 1.99. The van der Waals surface area contributed by atoms with Crippen LogP contribution in [0.15, 0.2) is 24.3 Å². The molecule has 1 aromatic carbocycles. The Hall–Kier alpha value is -2.65. The Morgan fingerprint density at radius 3 is 2.86 bits per heavy atom. The molecule has 0 bridgehead atoms. The molecule has 3 rings (SSSR count). The summed E-state index contributed by atoms with van der Waals surface area (Å²) in [5.74, 6) is 0.186. The molecule has 0 spiro atoms. The van der Waals surface area contributed by atoms with Crippen molar-refractivity contribution in [1.29, 1.82) is 5.26 Å². The molecular formula is C14H11ClN6. The van der Waals surface area contributed by atoms with Gasteiger partial charge in [-0.25, -0.2) is 0 Å². The number of anilines is 1. The summed E-state index contributed by atoms with van der Waals surface area (Å²) in [5, 5.41) is 22.0. The minimum atomic E-state index is 0.0605.